The average molecular weight is 215 g/mol. The molecular weight excluding hydrogens is 204 g/mol. The number of ether oxygens (including phenoxy) is 2. The summed E-state index contributed by atoms with van der Waals surface area (Å²) < 4.78 is 10.5. The predicted octanol–water partition coefficient (Wildman–Crippen LogP) is 1.99. The highest BCUT2D eigenvalue weighted by molar-refractivity contribution is 6.30. The van der Waals surface area contributed by atoms with Gasteiger partial charge in [-0.1, -0.05) is 11.6 Å². The van der Waals surface area contributed by atoms with Crippen LogP contribution in [0.15, 0.2) is 12.1 Å². The molecular formula is C10H11ClO3. The molecule has 76 valence electrons. The Balaban J connectivity index is 2.29. The number of aliphatic hydroxyl groups excluding tert-OH is 1. The van der Waals surface area contributed by atoms with Gasteiger partial charge in [0.2, 0.25) is 6.79 Å². The van der Waals surface area contributed by atoms with E-state index in [1.165, 1.54) is 0 Å². The van der Waals surface area contributed by atoms with Crippen molar-refractivity contribution in [2.45, 2.75) is 12.8 Å². The molecule has 1 aromatic carbocycles. The smallest absolute Gasteiger partial charge is 0.231 e. The van der Waals surface area contributed by atoms with Gasteiger partial charge in [0.1, 0.15) is 0 Å². The first kappa shape index (κ1) is 9.62. The molecule has 1 aromatic rings. The minimum atomic E-state index is 0.169. The van der Waals surface area contributed by atoms with Crippen LogP contribution >= 0.6 is 11.6 Å². The maximum atomic E-state index is 8.74. The first-order chi connectivity index (χ1) is 6.81. The Morgan fingerprint density at radius 1 is 1.36 bits per heavy atom. The second-order valence-corrected chi connectivity index (χ2v) is 3.56. The first-order valence-corrected chi connectivity index (χ1v) is 4.88. The molecule has 0 spiro atoms. The van der Waals surface area contributed by atoms with Gasteiger partial charge < -0.3 is 14.6 Å². The minimum Gasteiger partial charge on any atom is -0.454 e. The fourth-order valence-corrected chi connectivity index (χ4v) is 1.73. The molecule has 3 nitrogen and oxygen atoms in total. The molecule has 0 atom stereocenters. The largest absolute Gasteiger partial charge is 0.454 e. The Morgan fingerprint density at radius 3 is 3.00 bits per heavy atom. The van der Waals surface area contributed by atoms with Crippen molar-refractivity contribution in [3.05, 3.63) is 22.7 Å². The summed E-state index contributed by atoms with van der Waals surface area (Å²) in [5, 5.41) is 9.38. The van der Waals surface area contributed by atoms with Gasteiger partial charge in [-0.3, -0.25) is 0 Å². The SMILES string of the molecule is OCCCc1cc(Cl)cc2c1OCO2. The Bertz CT molecular complexity index is 338. The predicted molar refractivity (Wildman–Crippen MR) is 53.0 cm³/mol. The first-order valence-electron chi connectivity index (χ1n) is 4.50. The highest BCUT2D eigenvalue weighted by atomic mass is 35.5. The molecule has 0 bridgehead atoms. The van der Waals surface area contributed by atoms with E-state index < -0.39 is 0 Å². The summed E-state index contributed by atoms with van der Waals surface area (Å²) in [4.78, 5) is 0. The lowest BCUT2D eigenvalue weighted by Gasteiger charge is -2.05. The fourth-order valence-electron chi connectivity index (χ4n) is 1.50. The summed E-state index contributed by atoms with van der Waals surface area (Å²) in [7, 11) is 0. The molecule has 0 saturated carbocycles. The number of rotatable bonds is 3. The summed E-state index contributed by atoms with van der Waals surface area (Å²) in [6.07, 6.45) is 1.46. The maximum Gasteiger partial charge on any atom is 0.231 e. The van der Waals surface area contributed by atoms with Crippen LogP contribution in [0.5, 0.6) is 11.5 Å². The van der Waals surface area contributed by atoms with E-state index in [9.17, 15) is 0 Å². The van der Waals surface area contributed by atoms with Crippen LogP contribution in [-0.4, -0.2) is 18.5 Å². The molecule has 4 heteroatoms. The highest BCUT2D eigenvalue weighted by Crippen LogP contribution is 2.38. The number of aliphatic hydroxyl groups is 1. The van der Waals surface area contributed by atoms with Gasteiger partial charge in [0.05, 0.1) is 0 Å². The monoisotopic (exact) mass is 214 g/mol. The molecule has 0 radical (unpaired) electrons. The van der Waals surface area contributed by atoms with Crippen LogP contribution in [-0.2, 0) is 6.42 Å². The van der Waals surface area contributed by atoms with Crippen LogP contribution in [0, 0.1) is 0 Å². The molecule has 1 heterocycles. The normalized spacial score (nSPS) is 13.3. The van der Waals surface area contributed by atoms with E-state index in [2.05, 4.69) is 0 Å². The number of fused-ring (bicyclic) bond motifs is 1. The van der Waals surface area contributed by atoms with Crippen LogP contribution in [0.4, 0.5) is 0 Å². The molecule has 1 N–H and O–H groups in total. The lowest BCUT2D eigenvalue weighted by molar-refractivity contribution is 0.173. The van der Waals surface area contributed by atoms with E-state index >= 15 is 0 Å². The Kier molecular flexibility index (Phi) is 2.79. The summed E-state index contributed by atoms with van der Waals surface area (Å²) in [6, 6.07) is 3.59. The summed E-state index contributed by atoms with van der Waals surface area (Å²) in [5.41, 5.74) is 0.999. The molecule has 0 aromatic heterocycles. The third-order valence-electron chi connectivity index (χ3n) is 2.12. The molecule has 0 saturated heterocycles. The molecule has 0 aliphatic carbocycles. The molecule has 0 amide bonds. The molecule has 0 fully saturated rings. The van der Waals surface area contributed by atoms with Crippen LogP contribution in [0.25, 0.3) is 0 Å². The van der Waals surface area contributed by atoms with Crippen LogP contribution in [0.1, 0.15) is 12.0 Å². The lowest BCUT2D eigenvalue weighted by Crippen LogP contribution is -1.95. The van der Waals surface area contributed by atoms with E-state index in [0.717, 1.165) is 17.7 Å². The van der Waals surface area contributed by atoms with Crippen molar-refractivity contribution in [1.82, 2.24) is 0 Å². The van der Waals surface area contributed by atoms with Crippen LogP contribution in [0.3, 0.4) is 0 Å². The Morgan fingerprint density at radius 2 is 2.21 bits per heavy atom. The van der Waals surface area contributed by atoms with Gasteiger partial charge in [-0.15, -0.1) is 0 Å². The van der Waals surface area contributed by atoms with Crippen molar-refractivity contribution < 1.29 is 14.6 Å². The van der Waals surface area contributed by atoms with Gasteiger partial charge in [-0.25, -0.2) is 0 Å². The zero-order chi connectivity index (χ0) is 9.97. The van der Waals surface area contributed by atoms with Crippen molar-refractivity contribution in [3.63, 3.8) is 0 Å². The topological polar surface area (TPSA) is 38.7 Å². The van der Waals surface area contributed by atoms with E-state index in [0.29, 0.717) is 17.2 Å². The van der Waals surface area contributed by atoms with Gasteiger partial charge in [0, 0.05) is 17.7 Å². The van der Waals surface area contributed by atoms with Crippen LogP contribution < -0.4 is 9.47 Å². The van der Waals surface area contributed by atoms with Gasteiger partial charge in [-0.05, 0) is 24.5 Å². The Labute approximate surface area is 87.2 Å². The van der Waals surface area contributed by atoms with Gasteiger partial charge >= 0.3 is 0 Å². The number of benzene rings is 1. The van der Waals surface area contributed by atoms with Crippen molar-refractivity contribution in [3.8, 4) is 11.5 Å². The summed E-state index contributed by atoms with van der Waals surface area (Å²) in [6.45, 7) is 0.421. The third kappa shape index (κ3) is 1.79. The van der Waals surface area contributed by atoms with Gasteiger partial charge in [0.25, 0.3) is 0 Å². The van der Waals surface area contributed by atoms with E-state index in [1.54, 1.807) is 6.07 Å². The lowest BCUT2D eigenvalue weighted by atomic mass is 10.1. The Hall–Kier alpha value is -0.930. The molecule has 0 unspecified atom stereocenters. The summed E-state index contributed by atoms with van der Waals surface area (Å²) in [5.74, 6) is 1.47. The highest BCUT2D eigenvalue weighted by Gasteiger charge is 2.18. The standard InChI is InChI=1S/C10H11ClO3/c11-8-4-7(2-1-3-12)10-9(5-8)13-6-14-10/h4-5,12H,1-3,6H2. The summed E-state index contributed by atoms with van der Waals surface area (Å²) >= 11 is 5.91. The minimum absolute atomic E-state index is 0.169. The molecule has 14 heavy (non-hydrogen) atoms. The third-order valence-corrected chi connectivity index (χ3v) is 2.34. The molecule has 1 aliphatic heterocycles. The molecule has 1 aliphatic rings. The van der Waals surface area contributed by atoms with Crippen molar-refractivity contribution >= 4 is 11.6 Å². The average Bonchev–Trinajstić information content (AvgIpc) is 2.61. The second kappa shape index (κ2) is 4.07. The second-order valence-electron chi connectivity index (χ2n) is 3.13. The van der Waals surface area contributed by atoms with E-state index in [-0.39, 0.29) is 13.4 Å². The number of halogens is 1. The zero-order valence-electron chi connectivity index (χ0n) is 7.62. The van der Waals surface area contributed by atoms with Crippen LogP contribution in [0.2, 0.25) is 5.02 Å². The van der Waals surface area contributed by atoms with Crippen molar-refractivity contribution in [1.29, 1.82) is 0 Å². The quantitative estimate of drug-likeness (QED) is 0.837. The van der Waals surface area contributed by atoms with E-state index in [4.69, 9.17) is 26.2 Å². The van der Waals surface area contributed by atoms with Crippen molar-refractivity contribution in [2.75, 3.05) is 13.4 Å². The number of hydrogen-bond acceptors (Lipinski definition) is 3. The maximum absolute atomic E-state index is 8.74. The van der Waals surface area contributed by atoms with Gasteiger partial charge in [0.15, 0.2) is 11.5 Å². The fraction of sp³-hybridized carbons (Fsp3) is 0.400. The van der Waals surface area contributed by atoms with E-state index in [1.807, 2.05) is 6.07 Å². The number of aryl methyl sites for hydroxylation is 1. The zero-order valence-corrected chi connectivity index (χ0v) is 8.38. The van der Waals surface area contributed by atoms with Gasteiger partial charge in [-0.2, -0.15) is 0 Å². The number of hydrogen-bond donors (Lipinski definition) is 1. The van der Waals surface area contributed by atoms with Crippen molar-refractivity contribution in [2.24, 2.45) is 0 Å². The molecule has 2 rings (SSSR count).